The second-order valence-electron chi connectivity index (χ2n) is 10.7. The Bertz CT molecular complexity index is 693. The Kier molecular flexibility index (Phi) is 14.4. The van der Waals surface area contributed by atoms with E-state index in [0.29, 0.717) is 58.8 Å². The maximum absolute atomic E-state index is 12.3. The number of amides is 1. The van der Waals surface area contributed by atoms with E-state index in [-0.39, 0.29) is 23.4 Å². The molecule has 0 atom stereocenters. The number of methoxy groups -OCH3 is 2. The van der Waals surface area contributed by atoms with Gasteiger partial charge in [0.2, 0.25) is 0 Å². The molecule has 0 aromatic carbocycles. The molecule has 0 bridgehead atoms. The first-order valence-corrected chi connectivity index (χ1v) is 13.5. The second kappa shape index (κ2) is 16.1. The van der Waals surface area contributed by atoms with E-state index in [1.54, 1.807) is 26.0 Å². The molecular formula is C27H50N2O8. The van der Waals surface area contributed by atoms with Crippen LogP contribution in [0.5, 0.6) is 0 Å². The first-order chi connectivity index (χ1) is 17.5. The number of hydrogen-bond donors (Lipinski definition) is 1. The molecule has 0 aliphatic carbocycles. The minimum atomic E-state index is -0.551. The fourth-order valence-corrected chi connectivity index (χ4v) is 4.62. The van der Waals surface area contributed by atoms with Crippen LogP contribution < -0.4 is 5.32 Å². The van der Waals surface area contributed by atoms with E-state index >= 15 is 0 Å². The highest BCUT2D eigenvalue weighted by atomic mass is 16.6. The number of ether oxygens (including phenoxy) is 5. The van der Waals surface area contributed by atoms with Gasteiger partial charge in [-0.25, -0.2) is 4.79 Å². The minimum Gasteiger partial charge on any atom is -0.466 e. The molecule has 2 aliphatic rings. The fraction of sp³-hybridized carbons (Fsp3) is 0.889. The Morgan fingerprint density at radius 1 is 0.784 bits per heavy atom. The van der Waals surface area contributed by atoms with Crippen molar-refractivity contribution in [1.82, 2.24) is 10.2 Å². The van der Waals surface area contributed by atoms with E-state index in [4.69, 9.17) is 23.7 Å². The van der Waals surface area contributed by atoms with E-state index in [2.05, 4.69) is 5.32 Å². The minimum absolute atomic E-state index is 0.0523. The molecular weight excluding hydrogens is 480 g/mol. The average Bonchev–Trinajstić information content (AvgIpc) is 2.86. The van der Waals surface area contributed by atoms with Crippen LogP contribution in [0.2, 0.25) is 0 Å². The summed E-state index contributed by atoms with van der Waals surface area (Å²) in [5.74, 6) is -0.237. The van der Waals surface area contributed by atoms with Crippen molar-refractivity contribution in [2.45, 2.75) is 78.7 Å². The number of nitrogens with one attached hydrogen (secondary N) is 1. The number of esters is 2. The molecule has 10 nitrogen and oxygen atoms in total. The quantitative estimate of drug-likeness (QED) is 0.335. The molecule has 0 aromatic heterocycles. The fourth-order valence-electron chi connectivity index (χ4n) is 4.62. The summed E-state index contributed by atoms with van der Waals surface area (Å²) < 4.78 is 26.0. The van der Waals surface area contributed by atoms with Crippen molar-refractivity contribution in [3.05, 3.63) is 0 Å². The van der Waals surface area contributed by atoms with Crippen LogP contribution in [-0.4, -0.2) is 95.4 Å². The van der Waals surface area contributed by atoms with E-state index < -0.39 is 11.0 Å². The van der Waals surface area contributed by atoms with Gasteiger partial charge in [0.1, 0.15) is 5.60 Å². The Hall–Kier alpha value is -1.91. The average molecular weight is 531 g/mol. The van der Waals surface area contributed by atoms with Crippen LogP contribution in [0.3, 0.4) is 0 Å². The largest absolute Gasteiger partial charge is 0.466 e. The van der Waals surface area contributed by atoms with Gasteiger partial charge < -0.3 is 33.9 Å². The zero-order chi connectivity index (χ0) is 28.0. The summed E-state index contributed by atoms with van der Waals surface area (Å²) in [5.41, 5.74) is -1.37. The molecule has 37 heavy (non-hydrogen) atoms. The van der Waals surface area contributed by atoms with E-state index in [1.165, 1.54) is 0 Å². The van der Waals surface area contributed by atoms with Gasteiger partial charge in [-0.15, -0.1) is 0 Å². The van der Waals surface area contributed by atoms with Crippen molar-refractivity contribution >= 4 is 18.0 Å². The SMILES string of the molecule is CCOC(=O)C1(CCOC)CCN(C(=O)OC(C)(C)C)CC1.CCOC(=O)C1(CCOC)CCNCC1. The molecule has 1 N–H and O–H groups in total. The van der Waals surface area contributed by atoms with Gasteiger partial charge in [-0.05, 0) is 86.2 Å². The lowest BCUT2D eigenvalue weighted by Crippen LogP contribution is -2.48. The van der Waals surface area contributed by atoms with Gasteiger partial charge in [-0.3, -0.25) is 9.59 Å². The predicted molar refractivity (Wildman–Crippen MR) is 140 cm³/mol. The molecule has 216 valence electrons. The van der Waals surface area contributed by atoms with Crippen LogP contribution in [0.25, 0.3) is 0 Å². The van der Waals surface area contributed by atoms with Gasteiger partial charge in [0.05, 0.1) is 24.0 Å². The molecule has 2 heterocycles. The number of piperidine rings is 2. The Morgan fingerprint density at radius 3 is 1.59 bits per heavy atom. The van der Waals surface area contributed by atoms with Gasteiger partial charge in [0.25, 0.3) is 0 Å². The molecule has 2 fully saturated rings. The molecule has 2 rings (SSSR count). The van der Waals surface area contributed by atoms with Crippen molar-refractivity contribution in [2.24, 2.45) is 10.8 Å². The van der Waals surface area contributed by atoms with E-state index in [1.807, 2.05) is 27.7 Å². The summed E-state index contributed by atoms with van der Waals surface area (Å²) >= 11 is 0. The first-order valence-electron chi connectivity index (χ1n) is 13.5. The lowest BCUT2D eigenvalue weighted by molar-refractivity contribution is -0.160. The summed E-state index contributed by atoms with van der Waals surface area (Å²) in [6.07, 6.45) is 3.93. The number of carbonyl (C=O) groups is 3. The van der Waals surface area contributed by atoms with Gasteiger partial charge in [-0.2, -0.15) is 0 Å². The standard InChI is InChI=1S/C16H29NO5.C11H21NO3/c1-6-21-13(18)16(9-12-20-5)7-10-17(11-8-16)14(19)22-15(2,3)4;1-3-15-10(13)11(6-9-14-2)4-7-12-8-5-11/h6-12H2,1-5H3;12H,3-9H2,1-2H3. The summed E-state index contributed by atoms with van der Waals surface area (Å²) in [7, 11) is 3.29. The highest BCUT2D eigenvalue weighted by molar-refractivity contribution is 5.78. The Morgan fingerprint density at radius 2 is 1.22 bits per heavy atom. The third-order valence-corrected chi connectivity index (χ3v) is 6.92. The van der Waals surface area contributed by atoms with E-state index in [9.17, 15) is 14.4 Å². The normalized spacial score (nSPS) is 18.7. The maximum atomic E-state index is 12.3. The van der Waals surface area contributed by atoms with Crippen LogP contribution in [-0.2, 0) is 33.3 Å². The van der Waals surface area contributed by atoms with Crippen molar-refractivity contribution in [2.75, 3.05) is 66.8 Å². The van der Waals surface area contributed by atoms with Crippen molar-refractivity contribution in [3.63, 3.8) is 0 Å². The van der Waals surface area contributed by atoms with Crippen LogP contribution in [0, 0.1) is 10.8 Å². The lowest BCUT2D eigenvalue weighted by atomic mass is 9.76. The summed E-state index contributed by atoms with van der Waals surface area (Å²) in [6, 6.07) is 0. The molecule has 0 unspecified atom stereocenters. The number of carbonyl (C=O) groups excluding carboxylic acids is 3. The number of hydrogen-bond acceptors (Lipinski definition) is 9. The van der Waals surface area contributed by atoms with Gasteiger partial charge >= 0.3 is 18.0 Å². The van der Waals surface area contributed by atoms with Crippen LogP contribution in [0.15, 0.2) is 0 Å². The monoisotopic (exact) mass is 530 g/mol. The molecule has 2 aliphatic heterocycles. The summed E-state index contributed by atoms with van der Waals surface area (Å²) in [5, 5.41) is 3.26. The van der Waals surface area contributed by atoms with Crippen LogP contribution in [0.4, 0.5) is 4.79 Å². The summed E-state index contributed by atoms with van der Waals surface area (Å²) in [4.78, 5) is 38.0. The number of nitrogens with zero attached hydrogens (tertiary/aromatic N) is 1. The van der Waals surface area contributed by atoms with Gasteiger partial charge in [0.15, 0.2) is 0 Å². The highest BCUT2D eigenvalue weighted by Gasteiger charge is 2.44. The van der Waals surface area contributed by atoms with Crippen LogP contribution in [0.1, 0.15) is 73.1 Å². The highest BCUT2D eigenvalue weighted by Crippen LogP contribution is 2.37. The Balaban J connectivity index is 0.000000397. The Labute approximate surface area is 223 Å². The molecule has 10 heteroatoms. The van der Waals surface area contributed by atoms with Gasteiger partial charge in [-0.1, -0.05) is 0 Å². The van der Waals surface area contributed by atoms with E-state index in [0.717, 1.165) is 32.4 Å². The summed E-state index contributed by atoms with van der Waals surface area (Å²) in [6.45, 7) is 13.9. The first kappa shape index (κ1) is 33.1. The van der Waals surface area contributed by atoms with Crippen molar-refractivity contribution in [1.29, 1.82) is 0 Å². The van der Waals surface area contributed by atoms with Crippen molar-refractivity contribution in [3.8, 4) is 0 Å². The zero-order valence-corrected chi connectivity index (χ0v) is 24.1. The number of likely N-dealkylation sites (tertiary alicyclic amines) is 1. The molecule has 0 spiro atoms. The lowest BCUT2D eigenvalue weighted by Gasteiger charge is -2.40. The maximum Gasteiger partial charge on any atom is 0.410 e. The van der Waals surface area contributed by atoms with Crippen LogP contribution >= 0.6 is 0 Å². The molecule has 0 radical (unpaired) electrons. The molecule has 1 amide bonds. The second-order valence-corrected chi connectivity index (χ2v) is 10.7. The number of rotatable bonds is 10. The third-order valence-electron chi connectivity index (χ3n) is 6.92. The zero-order valence-electron chi connectivity index (χ0n) is 24.1. The molecule has 0 saturated carbocycles. The molecule has 2 saturated heterocycles. The predicted octanol–water partition coefficient (Wildman–Crippen LogP) is 3.56. The molecule has 0 aromatic rings. The smallest absolute Gasteiger partial charge is 0.410 e. The topological polar surface area (TPSA) is 113 Å². The third kappa shape index (κ3) is 10.8. The van der Waals surface area contributed by atoms with Gasteiger partial charge in [0, 0.05) is 40.5 Å². The van der Waals surface area contributed by atoms with Crippen molar-refractivity contribution < 1.29 is 38.1 Å².